The van der Waals surface area contributed by atoms with Gasteiger partial charge in [0.25, 0.3) is 0 Å². The largest absolute Gasteiger partial charge is 0.463 e. The van der Waals surface area contributed by atoms with Gasteiger partial charge in [-0.15, -0.1) is 10.2 Å². The molecule has 1 N–H and O–H groups in total. The molecular weight excluding hydrogens is 490 g/mol. The lowest BCUT2D eigenvalue weighted by molar-refractivity contribution is -0.137. The Morgan fingerprint density at radius 2 is 1.80 bits per heavy atom. The van der Waals surface area contributed by atoms with E-state index in [1.165, 1.54) is 22.6 Å². The second-order valence-corrected chi connectivity index (χ2v) is 10.1. The van der Waals surface area contributed by atoms with Crippen molar-refractivity contribution in [3.63, 3.8) is 0 Å². The number of anilines is 1. The molecule has 3 rings (SSSR count). The van der Waals surface area contributed by atoms with Crippen LogP contribution in [0.4, 0.5) is 5.69 Å². The van der Waals surface area contributed by atoms with Crippen molar-refractivity contribution in [3.8, 4) is 0 Å². The normalized spacial score (nSPS) is 11.9. The molecule has 0 aliphatic heterocycles. The van der Waals surface area contributed by atoms with E-state index in [1.807, 2.05) is 0 Å². The van der Waals surface area contributed by atoms with E-state index in [1.54, 1.807) is 61.6 Å². The van der Waals surface area contributed by atoms with Crippen molar-refractivity contribution in [2.75, 3.05) is 30.8 Å². The molecule has 0 spiro atoms. The first-order chi connectivity index (χ1) is 16.8. The number of carbonyl (C=O) groups excluding carboxylic acids is 2. The molecule has 2 aromatic heterocycles. The average molecular weight is 518 g/mol. The molecule has 0 radical (unpaired) electrons. The highest BCUT2D eigenvalue weighted by atomic mass is 32.2. The Hall–Kier alpha value is -3.22. The predicted molar refractivity (Wildman–Crippen MR) is 135 cm³/mol. The standard InChI is InChI=1S/C23H27N5O5S2/c1-4-27(5-2)35(31,32)19-12-13-20-25-26-23(28(20)15-19)34-16-21(29)24-18-10-7-17(8-11-18)9-14-22(30)33-6-3/h7-15H,4-6,16H2,1-3H3,(H,24,29). The van der Waals surface area contributed by atoms with E-state index in [4.69, 9.17) is 4.74 Å². The van der Waals surface area contributed by atoms with E-state index in [0.717, 1.165) is 17.3 Å². The number of nitrogens with zero attached hydrogens (tertiary/aromatic N) is 4. The van der Waals surface area contributed by atoms with Crippen LogP contribution in [0.1, 0.15) is 26.3 Å². The summed E-state index contributed by atoms with van der Waals surface area (Å²) < 4.78 is 33.5. The van der Waals surface area contributed by atoms with Crippen molar-refractivity contribution in [1.82, 2.24) is 18.9 Å². The third kappa shape index (κ3) is 6.68. The molecule has 0 aliphatic carbocycles. The van der Waals surface area contributed by atoms with Crippen molar-refractivity contribution < 1.29 is 22.7 Å². The first-order valence-electron chi connectivity index (χ1n) is 11.0. The number of pyridine rings is 1. The molecule has 12 heteroatoms. The summed E-state index contributed by atoms with van der Waals surface area (Å²) in [6.07, 6.45) is 4.45. The molecule has 0 saturated carbocycles. The van der Waals surface area contributed by atoms with E-state index < -0.39 is 16.0 Å². The zero-order valence-electron chi connectivity index (χ0n) is 19.7. The molecule has 0 saturated heterocycles. The first-order valence-corrected chi connectivity index (χ1v) is 13.4. The van der Waals surface area contributed by atoms with Gasteiger partial charge in [0.05, 0.1) is 17.3 Å². The molecule has 0 bridgehead atoms. The maximum Gasteiger partial charge on any atom is 0.330 e. The molecule has 10 nitrogen and oxygen atoms in total. The molecule has 0 aliphatic rings. The molecule has 2 heterocycles. The Kier molecular flexibility index (Phi) is 9.01. The third-order valence-corrected chi connectivity index (χ3v) is 7.89. The van der Waals surface area contributed by atoms with E-state index in [0.29, 0.717) is 36.2 Å². The van der Waals surface area contributed by atoms with Crippen LogP contribution in [0.5, 0.6) is 0 Å². The highest BCUT2D eigenvalue weighted by molar-refractivity contribution is 7.99. The minimum Gasteiger partial charge on any atom is -0.463 e. The number of amides is 1. The second-order valence-electron chi connectivity index (χ2n) is 7.21. The van der Waals surface area contributed by atoms with Gasteiger partial charge in [0.2, 0.25) is 15.9 Å². The minimum absolute atomic E-state index is 0.0539. The molecular formula is C23H27N5O5S2. The molecule has 0 fully saturated rings. The number of rotatable bonds is 11. The SMILES string of the molecule is CCOC(=O)C=Cc1ccc(NC(=O)CSc2nnc3ccc(S(=O)(=O)N(CC)CC)cn23)cc1. The van der Waals surface area contributed by atoms with Crippen molar-refractivity contribution in [2.24, 2.45) is 0 Å². The van der Waals surface area contributed by atoms with Crippen LogP contribution in [0.15, 0.2) is 58.7 Å². The number of fused-ring (bicyclic) bond motifs is 1. The summed E-state index contributed by atoms with van der Waals surface area (Å²) >= 11 is 1.15. The number of hydrogen-bond donors (Lipinski definition) is 1. The van der Waals surface area contributed by atoms with E-state index in [-0.39, 0.29) is 16.6 Å². The fraction of sp³-hybridized carbons (Fsp3) is 0.304. The Morgan fingerprint density at radius 3 is 2.46 bits per heavy atom. The quantitative estimate of drug-likeness (QED) is 0.234. The van der Waals surface area contributed by atoms with Crippen LogP contribution in [0.25, 0.3) is 11.7 Å². The number of esters is 1. The van der Waals surface area contributed by atoms with Gasteiger partial charge in [0, 0.05) is 31.0 Å². The Balaban J connectivity index is 1.64. The Labute approximate surface area is 208 Å². The zero-order valence-corrected chi connectivity index (χ0v) is 21.3. The highest BCUT2D eigenvalue weighted by Gasteiger charge is 2.23. The predicted octanol–water partition coefficient (Wildman–Crippen LogP) is 3.07. The number of ether oxygens (including phenoxy) is 1. The number of thioether (sulfide) groups is 1. The smallest absolute Gasteiger partial charge is 0.330 e. The second kappa shape index (κ2) is 12.0. The number of hydrogen-bond acceptors (Lipinski definition) is 8. The van der Waals surface area contributed by atoms with Crippen molar-refractivity contribution in [1.29, 1.82) is 0 Å². The third-order valence-electron chi connectivity index (χ3n) is 4.91. The molecule has 0 unspecified atom stereocenters. The summed E-state index contributed by atoms with van der Waals surface area (Å²) in [5.74, 6) is -0.618. The van der Waals surface area contributed by atoms with Gasteiger partial charge in [-0.1, -0.05) is 37.7 Å². The van der Waals surface area contributed by atoms with Gasteiger partial charge in [0.1, 0.15) is 0 Å². The summed E-state index contributed by atoms with van der Waals surface area (Å²) in [4.78, 5) is 24.0. The minimum atomic E-state index is -3.64. The summed E-state index contributed by atoms with van der Waals surface area (Å²) in [5.41, 5.74) is 1.87. The topological polar surface area (TPSA) is 123 Å². The number of sulfonamides is 1. The fourth-order valence-electron chi connectivity index (χ4n) is 3.17. The van der Waals surface area contributed by atoms with Gasteiger partial charge < -0.3 is 10.1 Å². The molecule has 35 heavy (non-hydrogen) atoms. The lowest BCUT2D eigenvalue weighted by Gasteiger charge is -2.18. The maximum absolute atomic E-state index is 12.8. The van der Waals surface area contributed by atoms with Crippen molar-refractivity contribution in [2.45, 2.75) is 30.8 Å². The van der Waals surface area contributed by atoms with E-state index in [9.17, 15) is 18.0 Å². The zero-order chi connectivity index (χ0) is 25.4. The number of carbonyl (C=O) groups is 2. The van der Waals surface area contributed by atoms with Crippen LogP contribution in [-0.2, 0) is 24.3 Å². The Morgan fingerprint density at radius 1 is 1.09 bits per heavy atom. The van der Waals surface area contributed by atoms with Gasteiger partial charge >= 0.3 is 5.97 Å². The van der Waals surface area contributed by atoms with Gasteiger partial charge in [0.15, 0.2) is 10.8 Å². The summed E-state index contributed by atoms with van der Waals surface area (Å²) in [6, 6.07) is 10.1. The van der Waals surface area contributed by atoms with Crippen LogP contribution in [0, 0.1) is 0 Å². The van der Waals surface area contributed by atoms with Gasteiger partial charge in [-0.25, -0.2) is 13.2 Å². The van der Waals surface area contributed by atoms with Crippen LogP contribution in [-0.4, -0.2) is 64.6 Å². The summed E-state index contributed by atoms with van der Waals surface area (Å²) in [7, 11) is -3.64. The van der Waals surface area contributed by atoms with E-state index in [2.05, 4.69) is 15.5 Å². The van der Waals surface area contributed by atoms with Gasteiger partial charge in [-0.3, -0.25) is 9.20 Å². The van der Waals surface area contributed by atoms with Crippen molar-refractivity contribution in [3.05, 3.63) is 54.2 Å². The van der Waals surface area contributed by atoms with Crippen LogP contribution >= 0.6 is 11.8 Å². The van der Waals surface area contributed by atoms with Gasteiger partial charge in [-0.05, 0) is 42.8 Å². The average Bonchev–Trinajstić information content (AvgIpc) is 3.25. The molecule has 186 valence electrons. The number of aromatic nitrogens is 3. The van der Waals surface area contributed by atoms with Crippen molar-refractivity contribution >= 4 is 51.1 Å². The number of benzene rings is 1. The highest BCUT2D eigenvalue weighted by Crippen LogP contribution is 2.22. The first kappa shape index (κ1) is 26.4. The van der Waals surface area contributed by atoms with Gasteiger partial charge in [-0.2, -0.15) is 4.31 Å². The maximum atomic E-state index is 12.8. The monoisotopic (exact) mass is 517 g/mol. The van der Waals surface area contributed by atoms with E-state index >= 15 is 0 Å². The molecule has 1 amide bonds. The van der Waals surface area contributed by atoms with Crippen LogP contribution in [0.3, 0.4) is 0 Å². The fourth-order valence-corrected chi connectivity index (χ4v) is 5.35. The number of nitrogens with one attached hydrogen (secondary N) is 1. The lowest BCUT2D eigenvalue weighted by Crippen LogP contribution is -2.30. The molecule has 0 atom stereocenters. The summed E-state index contributed by atoms with van der Waals surface area (Å²) in [6.45, 7) is 6.35. The van der Waals surface area contributed by atoms with Crippen LogP contribution < -0.4 is 5.32 Å². The Bertz CT molecular complexity index is 1320. The summed E-state index contributed by atoms with van der Waals surface area (Å²) in [5, 5.41) is 11.3. The lowest BCUT2D eigenvalue weighted by atomic mass is 10.2. The molecule has 3 aromatic rings. The molecule has 1 aromatic carbocycles. The van der Waals surface area contributed by atoms with Crippen LogP contribution in [0.2, 0.25) is 0 Å².